The number of nitrogens with zero attached hydrogens (tertiary/aromatic N) is 1. The number of nitro groups is 1. The first-order valence-electron chi connectivity index (χ1n) is 5.37. The van der Waals surface area contributed by atoms with Gasteiger partial charge in [-0.25, -0.2) is 0 Å². The van der Waals surface area contributed by atoms with E-state index in [1.54, 1.807) is 0 Å². The van der Waals surface area contributed by atoms with Crippen molar-refractivity contribution in [3.63, 3.8) is 0 Å². The third kappa shape index (κ3) is 3.81. The van der Waals surface area contributed by atoms with Crippen molar-refractivity contribution in [3.8, 4) is 5.75 Å². The van der Waals surface area contributed by atoms with Crippen LogP contribution in [0.25, 0.3) is 0 Å². The Morgan fingerprint density at radius 1 is 1.21 bits per heavy atom. The summed E-state index contributed by atoms with van der Waals surface area (Å²) < 4.78 is 6.65. The number of halogens is 2. The second kappa shape index (κ2) is 6.21. The number of hydrogen-bond acceptors (Lipinski definition) is 3. The van der Waals surface area contributed by atoms with Crippen LogP contribution in [0.2, 0.25) is 5.02 Å². The number of hydrogen-bond donors (Lipinski definition) is 0. The second-order valence-electron chi connectivity index (χ2n) is 3.79. The summed E-state index contributed by atoms with van der Waals surface area (Å²) in [7, 11) is 0. The molecule has 0 heterocycles. The molecule has 0 aliphatic carbocycles. The van der Waals surface area contributed by atoms with E-state index in [1.165, 1.54) is 18.2 Å². The van der Waals surface area contributed by atoms with E-state index in [1.807, 2.05) is 24.3 Å². The van der Waals surface area contributed by atoms with Gasteiger partial charge in [0.25, 0.3) is 5.69 Å². The molecule has 0 N–H and O–H groups in total. The minimum Gasteiger partial charge on any atom is -0.487 e. The van der Waals surface area contributed by atoms with Crippen molar-refractivity contribution in [2.45, 2.75) is 6.61 Å². The van der Waals surface area contributed by atoms with Gasteiger partial charge in [-0.1, -0.05) is 23.7 Å². The molecule has 0 aromatic heterocycles. The van der Waals surface area contributed by atoms with Gasteiger partial charge in [0, 0.05) is 9.64 Å². The zero-order chi connectivity index (χ0) is 13.8. The quantitative estimate of drug-likeness (QED) is 0.441. The van der Waals surface area contributed by atoms with Crippen molar-refractivity contribution < 1.29 is 9.66 Å². The summed E-state index contributed by atoms with van der Waals surface area (Å²) in [5.74, 6) is 0.314. The standard InChI is InChI=1S/C13H9ClINO3/c14-12-6-5-11(16(17)18)7-13(12)19-8-9-1-3-10(15)4-2-9/h1-7H,8H2. The maximum absolute atomic E-state index is 10.7. The van der Waals surface area contributed by atoms with E-state index in [9.17, 15) is 10.1 Å². The first kappa shape index (κ1) is 14.1. The van der Waals surface area contributed by atoms with Crippen molar-refractivity contribution in [1.82, 2.24) is 0 Å². The van der Waals surface area contributed by atoms with Crippen molar-refractivity contribution >= 4 is 39.9 Å². The molecule has 2 aromatic carbocycles. The molecule has 6 heteroatoms. The van der Waals surface area contributed by atoms with Crippen molar-refractivity contribution in [3.05, 3.63) is 66.7 Å². The number of nitro benzene ring substituents is 1. The Hall–Kier alpha value is -1.34. The number of non-ortho nitro benzene ring substituents is 1. The molecular weight excluding hydrogens is 381 g/mol. The third-order valence-corrected chi connectivity index (χ3v) is 3.46. The van der Waals surface area contributed by atoms with Crippen LogP contribution in [0.4, 0.5) is 5.69 Å². The predicted molar refractivity (Wildman–Crippen MR) is 81.6 cm³/mol. The fourth-order valence-electron chi connectivity index (χ4n) is 1.46. The molecule has 0 saturated heterocycles. The lowest BCUT2D eigenvalue weighted by molar-refractivity contribution is -0.384. The Labute approximate surface area is 128 Å². The summed E-state index contributed by atoms with van der Waals surface area (Å²) >= 11 is 8.16. The van der Waals surface area contributed by atoms with Crippen LogP contribution in [0.15, 0.2) is 42.5 Å². The van der Waals surface area contributed by atoms with E-state index in [2.05, 4.69) is 22.6 Å². The molecule has 0 amide bonds. The van der Waals surface area contributed by atoms with Crippen LogP contribution in [0.5, 0.6) is 5.75 Å². The molecule has 98 valence electrons. The lowest BCUT2D eigenvalue weighted by Crippen LogP contribution is -1.97. The first-order chi connectivity index (χ1) is 9.06. The van der Waals surface area contributed by atoms with E-state index in [4.69, 9.17) is 16.3 Å². The average Bonchev–Trinajstić information content (AvgIpc) is 2.39. The molecule has 19 heavy (non-hydrogen) atoms. The van der Waals surface area contributed by atoms with Gasteiger partial charge < -0.3 is 4.74 Å². The van der Waals surface area contributed by atoms with E-state index in [-0.39, 0.29) is 5.69 Å². The lowest BCUT2D eigenvalue weighted by atomic mass is 10.2. The monoisotopic (exact) mass is 389 g/mol. The predicted octanol–water partition coefficient (Wildman–Crippen LogP) is 4.43. The topological polar surface area (TPSA) is 52.4 Å². The highest BCUT2D eigenvalue weighted by Crippen LogP contribution is 2.29. The van der Waals surface area contributed by atoms with Gasteiger partial charge in [0.2, 0.25) is 0 Å². The number of ether oxygens (including phenoxy) is 1. The molecule has 0 aliphatic rings. The largest absolute Gasteiger partial charge is 0.487 e. The van der Waals surface area contributed by atoms with Crippen LogP contribution in [-0.2, 0) is 6.61 Å². The van der Waals surface area contributed by atoms with Gasteiger partial charge in [-0.15, -0.1) is 0 Å². The van der Waals surface area contributed by atoms with Gasteiger partial charge >= 0.3 is 0 Å². The molecule has 2 aromatic rings. The number of rotatable bonds is 4. The van der Waals surface area contributed by atoms with Gasteiger partial charge in [0.15, 0.2) is 0 Å². The summed E-state index contributed by atoms with van der Waals surface area (Å²) in [6, 6.07) is 11.9. The van der Waals surface area contributed by atoms with Crippen LogP contribution in [0.1, 0.15) is 5.56 Å². The Kier molecular flexibility index (Phi) is 4.60. The van der Waals surface area contributed by atoms with Gasteiger partial charge in [-0.05, 0) is 46.4 Å². The normalized spacial score (nSPS) is 10.2. The molecule has 0 saturated carbocycles. The molecule has 0 fully saturated rings. The lowest BCUT2D eigenvalue weighted by Gasteiger charge is -2.08. The zero-order valence-electron chi connectivity index (χ0n) is 9.68. The summed E-state index contributed by atoms with van der Waals surface area (Å²) in [6.45, 7) is 0.317. The van der Waals surface area contributed by atoms with E-state index < -0.39 is 4.92 Å². The average molecular weight is 390 g/mol. The molecule has 0 aliphatic heterocycles. The van der Waals surface area contributed by atoms with Crippen molar-refractivity contribution in [1.29, 1.82) is 0 Å². The highest BCUT2D eigenvalue weighted by molar-refractivity contribution is 14.1. The van der Waals surface area contributed by atoms with Crippen LogP contribution >= 0.6 is 34.2 Å². The fraction of sp³-hybridized carbons (Fsp3) is 0.0769. The highest BCUT2D eigenvalue weighted by Gasteiger charge is 2.10. The summed E-state index contributed by atoms with van der Waals surface area (Å²) in [5.41, 5.74) is 0.935. The van der Waals surface area contributed by atoms with Crippen LogP contribution in [0, 0.1) is 13.7 Å². The molecule has 0 bridgehead atoms. The van der Waals surface area contributed by atoms with E-state index >= 15 is 0 Å². The van der Waals surface area contributed by atoms with Gasteiger partial charge in [0.05, 0.1) is 16.0 Å². The Morgan fingerprint density at radius 2 is 1.89 bits per heavy atom. The van der Waals surface area contributed by atoms with Crippen LogP contribution in [0.3, 0.4) is 0 Å². The minimum atomic E-state index is -0.478. The summed E-state index contributed by atoms with van der Waals surface area (Å²) in [6.07, 6.45) is 0. The fourth-order valence-corrected chi connectivity index (χ4v) is 1.99. The first-order valence-corrected chi connectivity index (χ1v) is 6.83. The van der Waals surface area contributed by atoms with E-state index in [0.717, 1.165) is 9.13 Å². The SMILES string of the molecule is O=[N+]([O-])c1ccc(Cl)c(OCc2ccc(I)cc2)c1. The van der Waals surface area contributed by atoms with E-state index in [0.29, 0.717) is 17.4 Å². The smallest absolute Gasteiger partial charge is 0.273 e. The molecular formula is C13H9ClINO3. The zero-order valence-corrected chi connectivity index (χ0v) is 12.6. The van der Waals surface area contributed by atoms with Crippen LogP contribution < -0.4 is 4.74 Å². The second-order valence-corrected chi connectivity index (χ2v) is 5.44. The Morgan fingerprint density at radius 3 is 2.53 bits per heavy atom. The highest BCUT2D eigenvalue weighted by atomic mass is 127. The van der Waals surface area contributed by atoms with Crippen LogP contribution in [-0.4, -0.2) is 4.92 Å². The molecule has 0 unspecified atom stereocenters. The molecule has 4 nitrogen and oxygen atoms in total. The Balaban J connectivity index is 2.12. The third-order valence-electron chi connectivity index (χ3n) is 2.43. The number of benzene rings is 2. The van der Waals surface area contributed by atoms with Crippen molar-refractivity contribution in [2.75, 3.05) is 0 Å². The summed E-state index contributed by atoms with van der Waals surface area (Å²) in [4.78, 5) is 10.2. The maximum atomic E-state index is 10.7. The molecule has 0 atom stereocenters. The summed E-state index contributed by atoms with van der Waals surface area (Å²) in [5, 5.41) is 11.0. The van der Waals surface area contributed by atoms with Gasteiger partial charge in [-0.3, -0.25) is 10.1 Å². The minimum absolute atomic E-state index is 0.0398. The molecule has 0 radical (unpaired) electrons. The maximum Gasteiger partial charge on any atom is 0.273 e. The van der Waals surface area contributed by atoms with Crippen molar-refractivity contribution in [2.24, 2.45) is 0 Å². The molecule has 0 spiro atoms. The molecule has 2 rings (SSSR count). The van der Waals surface area contributed by atoms with Gasteiger partial charge in [0.1, 0.15) is 12.4 Å². The Bertz CT molecular complexity index is 601. The van der Waals surface area contributed by atoms with Gasteiger partial charge in [-0.2, -0.15) is 0 Å².